The van der Waals surface area contributed by atoms with Gasteiger partial charge in [0, 0.05) is 0 Å². The van der Waals surface area contributed by atoms with E-state index in [0.717, 1.165) is 0 Å². The first-order valence-corrected chi connectivity index (χ1v) is 25.3. The van der Waals surface area contributed by atoms with Crippen LogP contribution in [0.4, 0.5) is 0 Å². The van der Waals surface area contributed by atoms with Gasteiger partial charge in [-0.15, -0.1) is 0 Å². The molecule has 3 heteroatoms. The third-order valence-electron chi connectivity index (χ3n) is 13.9. The van der Waals surface area contributed by atoms with Crippen LogP contribution in [0.3, 0.4) is 0 Å². The minimum Gasteiger partial charge on any atom is -1.00 e. The molecule has 1 saturated heterocycles. The molecule has 0 bridgehead atoms. The van der Waals surface area contributed by atoms with Crippen molar-refractivity contribution in [3.8, 4) is 22.3 Å². The molecule has 1 fully saturated rings. The molecule has 2 unspecified atom stereocenters. The van der Waals surface area contributed by atoms with E-state index in [1.54, 1.807) is 44.5 Å². The quantitative estimate of drug-likeness (QED) is 0.186. The van der Waals surface area contributed by atoms with Crippen molar-refractivity contribution in [1.29, 1.82) is 0 Å². The second-order valence-corrected chi connectivity index (χ2v) is 28.2. The van der Waals surface area contributed by atoms with Crippen LogP contribution in [0.25, 0.3) is 34.4 Å². The molecule has 0 spiro atoms. The Bertz CT molecular complexity index is 1990. The molecule has 0 N–H and O–H groups in total. The van der Waals surface area contributed by atoms with Gasteiger partial charge in [0.25, 0.3) is 0 Å². The molecular formula is C48H58Cl2Zr. The van der Waals surface area contributed by atoms with Crippen LogP contribution >= 0.6 is 0 Å². The number of fused-ring (bicyclic) bond motifs is 2. The summed E-state index contributed by atoms with van der Waals surface area (Å²) in [4.78, 5) is 0. The topological polar surface area (TPSA) is 0 Å². The maximum atomic E-state index is 2.72. The number of aryl methyl sites for hydroxylation is 2. The molecule has 0 amide bonds. The molecular weight excluding hydrogens is 739 g/mol. The van der Waals surface area contributed by atoms with E-state index < -0.39 is 20.3 Å². The van der Waals surface area contributed by atoms with Crippen LogP contribution in [-0.4, -0.2) is 0 Å². The minimum atomic E-state index is -2.99. The Balaban J connectivity index is 0.00000252. The summed E-state index contributed by atoms with van der Waals surface area (Å²) in [6.07, 6.45) is 5.45. The van der Waals surface area contributed by atoms with Gasteiger partial charge in [0.1, 0.15) is 0 Å². The van der Waals surface area contributed by atoms with E-state index in [-0.39, 0.29) is 24.8 Å². The molecule has 1 heterocycles. The van der Waals surface area contributed by atoms with E-state index in [1.807, 2.05) is 0 Å². The Kier molecular flexibility index (Phi) is 11.2. The second kappa shape index (κ2) is 14.2. The van der Waals surface area contributed by atoms with Crippen molar-refractivity contribution in [3.05, 3.63) is 125 Å². The van der Waals surface area contributed by atoms with E-state index in [2.05, 4.69) is 145 Å². The SMILES string of the molecule is Cc1cccc(-c2c(C)c(C)c(C)c3c2C=C(C(C)C)[CH]3[Zr+2]2([CH]3C(C(C)C)=Cc4c(-c5cccc(C)c5C)c(C)c(C)c(C)c43)[CH2][CH2]2)c1C.[Cl-].[Cl-]. The zero-order chi connectivity index (χ0) is 35.4. The fourth-order valence-corrected chi connectivity index (χ4v) is 28.7. The van der Waals surface area contributed by atoms with Crippen molar-refractivity contribution in [1.82, 2.24) is 0 Å². The molecule has 4 aromatic rings. The average Bonchev–Trinajstić information content (AvgIpc) is 3.58. The smallest absolute Gasteiger partial charge is 1.00 e. The number of hydrogen-bond acceptors (Lipinski definition) is 0. The van der Waals surface area contributed by atoms with Gasteiger partial charge in [-0.2, -0.15) is 0 Å². The standard InChI is InChI=1S/2C23H27.C2H4.2ClH.Zr/c2*1-13(2)19-11-21-17(6)16(5)18(7)23(22(21)12-19)20-10-8-9-14(3)15(20)4;1-2;;;/h2*8-13H,1-7H3;1-2H2;2*1H;/q;;;;;+2/p-2. The van der Waals surface area contributed by atoms with Gasteiger partial charge in [0.2, 0.25) is 0 Å². The summed E-state index contributed by atoms with van der Waals surface area (Å²) in [6.45, 7) is 33.7. The van der Waals surface area contributed by atoms with Crippen LogP contribution in [-0.2, 0) is 20.3 Å². The van der Waals surface area contributed by atoms with Gasteiger partial charge in [-0.25, -0.2) is 0 Å². The van der Waals surface area contributed by atoms with E-state index >= 15 is 0 Å². The molecule has 2 atom stereocenters. The van der Waals surface area contributed by atoms with Gasteiger partial charge in [0.15, 0.2) is 0 Å². The summed E-state index contributed by atoms with van der Waals surface area (Å²) in [5.74, 6) is 1.08. The molecule has 2 aliphatic carbocycles. The van der Waals surface area contributed by atoms with E-state index in [0.29, 0.717) is 19.1 Å². The molecule has 0 saturated carbocycles. The predicted molar refractivity (Wildman–Crippen MR) is 212 cm³/mol. The first-order valence-electron chi connectivity index (χ1n) is 19.0. The zero-order valence-electron chi connectivity index (χ0n) is 33.6. The summed E-state index contributed by atoms with van der Waals surface area (Å²) in [6, 6.07) is 13.9. The van der Waals surface area contributed by atoms with Crippen molar-refractivity contribution < 1.29 is 45.1 Å². The summed E-state index contributed by atoms with van der Waals surface area (Å²) >= 11 is -2.99. The van der Waals surface area contributed by atoms with Crippen LogP contribution in [0.5, 0.6) is 0 Å². The maximum Gasteiger partial charge on any atom is -1.00 e. The van der Waals surface area contributed by atoms with Gasteiger partial charge in [-0.1, -0.05) is 0 Å². The third-order valence-corrected chi connectivity index (χ3v) is 26.6. The van der Waals surface area contributed by atoms with Crippen molar-refractivity contribution in [2.24, 2.45) is 11.8 Å². The number of benzene rings is 4. The van der Waals surface area contributed by atoms with Crippen LogP contribution in [0.15, 0.2) is 47.5 Å². The Morgan fingerprint density at radius 1 is 0.471 bits per heavy atom. The van der Waals surface area contributed by atoms with Crippen LogP contribution in [0, 0.1) is 81.1 Å². The van der Waals surface area contributed by atoms with Crippen LogP contribution in [0.1, 0.15) is 113 Å². The van der Waals surface area contributed by atoms with Crippen molar-refractivity contribution in [2.45, 2.75) is 112 Å². The minimum absolute atomic E-state index is 0. The molecule has 3 aliphatic rings. The van der Waals surface area contributed by atoms with Crippen LogP contribution < -0.4 is 24.8 Å². The monoisotopic (exact) mass is 794 g/mol. The maximum absolute atomic E-state index is 2.99. The van der Waals surface area contributed by atoms with Crippen molar-refractivity contribution in [2.75, 3.05) is 0 Å². The summed E-state index contributed by atoms with van der Waals surface area (Å²) in [7, 11) is 0. The Hall–Kier alpha value is -2.18. The fourth-order valence-electron chi connectivity index (χ4n) is 10.2. The van der Waals surface area contributed by atoms with Gasteiger partial charge < -0.3 is 24.8 Å². The van der Waals surface area contributed by atoms with Crippen LogP contribution in [0.2, 0.25) is 8.26 Å². The average molecular weight is 797 g/mol. The predicted octanol–water partition coefficient (Wildman–Crippen LogP) is 8.01. The first-order chi connectivity index (χ1) is 23.1. The van der Waals surface area contributed by atoms with E-state index in [4.69, 9.17) is 0 Å². The second-order valence-electron chi connectivity index (χ2n) is 16.8. The molecule has 1 aliphatic heterocycles. The van der Waals surface area contributed by atoms with Crippen molar-refractivity contribution >= 4 is 12.2 Å². The summed E-state index contributed by atoms with van der Waals surface area (Å²) in [5, 5.41) is 0. The largest absolute Gasteiger partial charge is 1.00 e. The Labute approximate surface area is 326 Å². The zero-order valence-corrected chi connectivity index (χ0v) is 37.6. The number of rotatable bonds is 6. The van der Waals surface area contributed by atoms with Gasteiger partial charge in [0.05, 0.1) is 0 Å². The first kappa shape index (κ1) is 40.0. The summed E-state index contributed by atoms with van der Waals surface area (Å²) < 4.78 is 4.26. The molecule has 0 nitrogen and oxygen atoms in total. The number of allylic oxidation sites excluding steroid dienone is 2. The molecule has 268 valence electrons. The van der Waals surface area contributed by atoms with Gasteiger partial charge >= 0.3 is 304 Å². The normalized spacial score (nSPS) is 17.6. The van der Waals surface area contributed by atoms with E-state index in [1.165, 1.54) is 75.0 Å². The van der Waals surface area contributed by atoms with E-state index in [9.17, 15) is 0 Å². The van der Waals surface area contributed by atoms with Crippen molar-refractivity contribution in [3.63, 3.8) is 0 Å². The Morgan fingerprint density at radius 3 is 1.14 bits per heavy atom. The molecule has 0 aromatic heterocycles. The van der Waals surface area contributed by atoms with Gasteiger partial charge in [-0.05, 0) is 0 Å². The number of hydrogen-bond donors (Lipinski definition) is 0. The fraction of sp³-hybridized carbons (Fsp3) is 0.417. The third kappa shape index (κ3) is 5.87. The van der Waals surface area contributed by atoms with Gasteiger partial charge in [-0.3, -0.25) is 0 Å². The Morgan fingerprint density at radius 2 is 0.824 bits per heavy atom. The molecule has 4 aromatic carbocycles. The molecule has 51 heavy (non-hydrogen) atoms. The summed E-state index contributed by atoms with van der Waals surface area (Å²) in [5.41, 5.74) is 30.7. The molecule has 7 rings (SSSR count). The number of halogens is 2. The molecule has 0 radical (unpaired) electrons.